The number of para-hydroxylation sites is 1. The highest BCUT2D eigenvalue weighted by atomic mass is 32.2. The van der Waals surface area contributed by atoms with Crippen molar-refractivity contribution in [1.29, 1.82) is 0 Å². The largest absolute Gasteiger partial charge is 0.358 e. The molecule has 0 aliphatic rings. The van der Waals surface area contributed by atoms with Crippen molar-refractivity contribution in [1.82, 2.24) is 4.98 Å². The van der Waals surface area contributed by atoms with Gasteiger partial charge in [-0.1, -0.05) is 24.3 Å². The van der Waals surface area contributed by atoms with Gasteiger partial charge in [-0.05, 0) is 62.9 Å². The Bertz CT molecular complexity index is 910. The van der Waals surface area contributed by atoms with Gasteiger partial charge in [0.25, 0.3) is 0 Å². The Morgan fingerprint density at radius 1 is 1.00 bits per heavy atom. The van der Waals surface area contributed by atoms with Gasteiger partial charge in [0.1, 0.15) is 0 Å². The number of aryl methyl sites for hydroxylation is 3. The molecule has 0 amide bonds. The number of Topliss-reactive ketones (excluding diaryl/α,β-unsaturated/α-hetero) is 1. The van der Waals surface area contributed by atoms with Crippen LogP contribution < -0.4 is 0 Å². The maximum absolute atomic E-state index is 12.9. The lowest BCUT2D eigenvalue weighted by atomic mass is 10.0. The number of hydrogen-bond donors (Lipinski definition) is 1. The highest BCUT2D eigenvalue weighted by molar-refractivity contribution is 8.00. The van der Waals surface area contributed by atoms with E-state index in [0.717, 1.165) is 22.2 Å². The SMILES string of the molecule is Cc1cc(C)c(C)c(SCC(=O)c2c(C)[nH]c3ccccc23)c1C. The second-order valence-electron chi connectivity index (χ2n) is 6.47. The van der Waals surface area contributed by atoms with Crippen LogP contribution in [0.3, 0.4) is 0 Å². The van der Waals surface area contributed by atoms with E-state index in [1.165, 1.54) is 27.1 Å². The van der Waals surface area contributed by atoms with Crippen LogP contribution in [0.1, 0.15) is 38.3 Å². The molecule has 0 spiro atoms. The minimum absolute atomic E-state index is 0.188. The van der Waals surface area contributed by atoms with Crippen molar-refractivity contribution >= 4 is 28.4 Å². The number of carbonyl (C=O) groups is 1. The van der Waals surface area contributed by atoms with E-state index >= 15 is 0 Å². The summed E-state index contributed by atoms with van der Waals surface area (Å²) in [6, 6.07) is 10.2. The minimum Gasteiger partial charge on any atom is -0.358 e. The Kier molecular flexibility index (Phi) is 4.55. The molecule has 0 aliphatic heterocycles. The van der Waals surface area contributed by atoms with Crippen LogP contribution in [0, 0.1) is 34.6 Å². The second kappa shape index (κ2) is 6.48. The predicted octanol–water partition coefficient (Wildman–Crippen LogP) is 5.69. The smallest absolute Gasteiger partial charge is 0.175 e. The van der Waals surface area contributed by atoms with Gasteiger partial charge in [0.05, 0.1) is 5.75 Å². The number of nitrogens with one attached hydrogen (secondary N) is 1. The van der Waals surface area contributed by atoms with E-state index in [2.05, 4.69) is 38.7 Å². The van der Waals surface area contributed by atoms with Crippen LogP contribution in [0.15, 0.2) is 35.2 Å². The Balaban J connectivity index is 1.90. The number of ketones is 1. The molecule has 2 aromatic carbocycles. The monoisotopic (exact) mass is 337 g/mol. The molecular weight excluding hydrogens is 314 g/mol. The van der Waals surface area contributed by atoms with Gasteiger partial charge >= 0.3 is 0 Å². The molecule has 2 nitrogen and oxygen atoms in total. The Morgan fingerprint density at radius 3 is 2.29 bits per heavy atom. The van der Waals surface area contributed by atoms with Crippen molar-refractivity contribution in [3.05, 3.63) is 63.8 Å². The third-order valence-electron chi connectivity index (χ3n) is 4.82. The molecular formula is C21H23NOS. The number of fused-ring (bicyclic) bond motifs is 1. The van der Waals surface area contributed by atoms with Crippen molar-refractivity contribution in [2.45, 2.75) is 39.5 Å². The van der Waals surface area contributed by atoms with Gasteiger partial charge in [-0.2, -0.15) is 0 Å². The van der Waals surface area contributed by atoms with Crippen molar-refractivity contribution < 1.29 is 4.79 Å². The number of rotatable bonds is 4. The summed E-state index contributed by atoms with van der Waals surface area (Å²) in [6.45, 7) is 10.5. The average molecular weight is 337 g/mol. The molecule has 0 aliphatic carbocycles. The standard InChI is InChI=1S/C21H23NOS/c1-12-10-13(2)15(4)21(14(12)3)24-11-19(23)20-16(5)22-18-9-7-6-8-17(18)20/h6-10,22H,11H2,1-5H3. The van der Waals surface area contributed by atoms with Crippen LogP contribution in [-0.4, -0.2) is 16.5 Å². The van der Waals surface area contributed by atoms with E-state index in [-0.39, 0.29) is 5.78 Å². The lowest BCUT2D eigenvalue weighted by Crippen LogP contribution is -2.05. The highest BCUT2D eigenvalue weighted by Crippen LogP contribution is 2.32. The summed E-state index contributed by atoms with van der Waals surface area (Å²) in [7, 11) is 0. The molecule has 0 saturated heterocycles. The molecule has 0 atom stereocenters. The summed E-state index contributed by atoms with van der Waals surface area (Å²) >= 11 is 1.66. The van der Waals surface area contributed by atoms with Crippen molar-refractivity contribution in [2.75, 3.05) is 5.75 Å². The lowest BCUT2D eigenvalue weighted by molar-refractivity contribution is 0.102. The summed E-state index contributed by atoms with van der Waals surface area (Å²) in [5, 5.41) is 1.02. The van der Waals surface area contributed by atoms with E-state index in [4.69, 9.17) is 0 Å². The van der Waals surface area contributed by atoms with Crippen LogP contribution in [0.2, 0.25) is 0 Å². The van der Waals surface area contributed by atoms with Crippen LogP contribution in [-0.2, 0) is 0 Å². The molecule has 0 fully saturated rings. The summed E-state index contributed by atoms with van der Waals surface area (Å²) in [5.41, 5.74) is 7.96. The molecule has 1 aromatic heterocycles. The van der Waals surface area contributed by atoms with Gasteiger partial charge in [-0.25, -0.2) is 0 Å². The van der Waals surface area contributed by atoms with Crippen LogP contribution in [0.5, 0.6) is 0 Å². The topological polar surface area (TPSA) is 32.9 Å². The van der Waals surface area contributed by atoms with Gasteiger partial charge in [0, 0.05) is 27.1 Å². The first-order chi connectivity index (χ1) is 11.4. The number of carbonyl (C=O) groups excluding carboxylic acids is 1. The third-order valence-corrected chi connectivity index (χ3v) is 6.12. The first kappa shape index (κ1) is 16.8. The number of aromatic amines is 1. The highest BCUT2D eigenvalue weighted by Gasteiger charge is 2.17. The van der Waals surface area contributed by atoms with Crippen molar-refractivity contribution in [3.8, 4) is 0 Å². The molecule has 1 heterocycles. The fraction of sp³-hybridized carbons (Fsp3) is 0.286. The van der Waals surface area contributed by atoms with Crippen molar-refractivity contribution in [3.63, 3.8) is 0 Å². The number of aromatic nitrogens is 1. The summed E-state index contributed by atoms with van der Waals surface area (Å²) in [6.07, 6.45) is 0. The molecule has 0 unspecified atom stereocenters. The Hall–Kier alpha value is -2.00. The Labute approximate surface area is 147 Å². The molecule has 0 radical (unpaired) electrons. The molecule has 0 saturated carbocycles. The lowest BCUT2D eigenvalue weighted by Gasteiger charge is -2.14. The van der Waals surface area contributed by atoms with Gasteiger partial charge < -0.3 is 4.98 Å². The first-order valence-electron chi connectivity index (χ1n) is 8.21. The third kappa shape index (κ3) is 2.89. The van der Waals surface area contributed by atoms with E-state index in [9.17, 15) is 4.79 Å². The fourth-order valence-electron chi connectivity index (χ4n) is 3.24. The molecule has 3 aromatic rings. The maximum atomic E-state index is 12.9. The van der Waals surface area contributed by atoms with Crippen LogP contribution >= 0.6 is 11.8 Å². The number of thioether (sulfide) groups is 1. The zero-order valence-electron chi connectivity index (χ0n) is 14.9. The fourth-order valence-corrected chi connectivity index (χ4v) is 4.42. The van der Waals surface area contributed by atoms with E-state index in [1.807, 2.05) is 31.2 Å². The molecule has 3 rings (SSSR count). The zero-order valence-corrected chi connectivity index (χ0v) is 15.7. The zero-order chi connectivity index (χ0) is 17.4. The van der Waals surface area contributed by atoms with Crippen molar-refractivity contribution in [2.24, 2.45) is 0 Å². The van der Waals surface area contributed by atoms with E-state index in [0.29, 0.717) is 5.75 Å². The minimum atomic E-state index is 0.188. The number of benzene rings is 2. The quantitative estimate of drug-likeness (QED) is 0.490. The van der Waals surface area contributed by atoms with Gasteiger partial charge in [0.15, 0.2) is 5.78 Å². The molecule has 24 heavy (non-hydrogen) atoms. The molecule has 124 valence electrons. The molecule has 0 bridgehead atoms. The van der Waals surface area contributed by atoms with Gasteiger partial charge in [0.2, 0.25) is 0 Å². The van der Waals surface area contributed by atoms with E-state index < -0.39 is 0 Å². The predicted molar refractivity (Wildman–Crippen MR) is 103 cm³/mol. The summed E-state index contributed by atoms with van der Waals surface area (Å²) in [4.78, 5) is 17.4. The maximum Gasteiger partial charge on any atom is 0.175 e. The summed E-state index contributed by atoms with van der Waals surface area (Å²) < 4.78 is 0. The van der Waals surface area contributed by atoms with Crippen LogP contribution in [0.25, 0.3) is 10.9 Å². The van der Waals surface area contributed by atoms with Gasteiger partial charge in [-0.3, -0.25) is 4.79 Å². The number of H-pyrrole nitrogens is 1. The van der Waals surface area contributed by atoms with Gasteiger partial charge in [-0.15, -0.1) is 11.8 Å². The molecule has 1 N–H and O–H groups in total. The Morgan fingerprint density at radius 2 is 1.62 bits per heavy atom. The van der Waals surface area contributed by atoms with E-state index in [1.54, 1.807) is 11.8 Å². The number of hydrogen-bond acceptors (Lipinski definition) is 2. The second-order valence-corrected chi connectivity index (χ2v) is 7.46. The summed E-state index contributed by atoms with van der Waals surface area (Å²) in [5.74, 6) is 0.653. The van der Waals surface area contributed by atoms with Crippen LogP contribution in [0.4, 0.5) is 0 Å². The molecule has 3 heteroatoms. The average Bonchev–Trinajstić information content (AvgIpc) is 2.88. The first-order valence-corrected chi connectivity index (χ1v) is 9.19. The normalized spacial score (nSPS) is 11.2.